The number of nitrogens with one attached hydrogen (secondary N) is 2. The molecule has 2 N–H and O–H groups in total. The first-order chi connectivity index (χ1) is 9.56. The Kier molecular flexibility index (Phi) is 5.39. The molecule has 1 aromatic rings. The summed E-state index contributed by atoms with van der Waals surface area (Å²) in [5, 5.41) is 6.79. The molecular formula is C12H17ClN4O3S. The van der Waals surface area contributed by atoms with Crippen LogP contribution in [0.1, 0.15) is 13.8 Å². The van der Waals surface area contributed by atoms with E-state index in [0.29, 0.717) is 0 Å². The summed E-state index contributed by atoms with van der Waals surface area (Å²) < 4.78 is 26.1. The van der Waals surface area contributed by atoms with Crippen LogP contribution in [-0.4, -0.2) is 36.5 Å². The Hall–Kier alpha value is -1.56. The maximum atomic E-state index is 12.1. The van der Waals surface area contributed by atoms with Gasteiger partial charge in [0.1, 0.15) is 12.2 Å². The molecule has 0 spiro atoms. The summed E-state index contributed by atoms with van der Waals surface area (Å²) in [6, 6.07) is 0. The standard InChI is InChI=1S/C12H17ClN4O3S/c1-5-6-17-11(18)10(9(13)7-15-17)14-8-12(2,3)16-21(4,19)20/h1,7,14,16H,6,8H2,2-4H3. The van der Waals surface area contributed by atoms with Gasteiger partial charge in [0, 0.05) is 12.1 Å². The monoisotopic (exact) mass is 332 g/mol. The van der Waals surface area contributed by atoms with E-state index in [0.717, 1.165) is 10.9 Å². The van der Waals surface area contributed by atoms with Gasteiger partial charge in [0.25, 0.3) is 5.56 Å². The summed E-state index contributed by atoms with van der Waals surface area (Å²) in [4.78, 5) is 12.1. The lowest BCUT2D eigenvalue weighted by atomic mass is 10.1. The van der Waals surface area contributed by atoms with Crippen molar-refractivity contribution in [2.45, 2.75) is 25.9 Å². The summed E-state index contributed by atoms with van der Waals surface area (Å²) in [5.41, 5.74) is -1.13. The van der Waals surface area contributed by atoms with E-state index in [4.69, 9.17) is 18.0 Å². The van der Waals surface area contributed by atoms with Gasteiger partial charge in [-0.3, -0.25) is 4.79 Å². The lowest BCUT2D eigenvalue weighted by Gasteiger charge is -2.25. The van der Waals surface area contributed by atoms with Crippen molar-refractivity contribution >= 4 is 27.3 Å². The number of rotatable bonds is 6. The molecule has 0 aromatic carbocycles. The highest BCUT2D eigenvalue weighted by molar-refractivity contribution is 7.88. The summed E-state index contributed by atoms with van der Waals surface area (Å²) in [6.45, 7) is 3.54. The third-order valence-electron chi connectivity index (χ3n) is 2.41. The Morgan fingerprint density at radius 2 is 2.14 bits per heavy atom. The highest BCUT2D eigenvalue weighted by atomic mass is 35.5. The van der Waals surface area contributed by atoms with E-state index in [1.54, 1.807) is 13.8 Å². The van der Waals surface area contributed by atoms with Crippen molar-refractivity contribution in [1.82, 2.24) is 14.5 Å². The van der Waals surface area contributed by atoms with Gasteiger partial charge in [0.05, 0.1) is 17.5 Å². The van der Waals surface area contributed by atoms with Crippen molar-refractivity contribution in [3.63, 3.8) is 0 Å². The van der Waals surface area contributed by atoms with Gasteiger partial charge in [0.2, 0.25) is 10.0 Å². The summed E-state index contributed by atoms with van der Waals surface area (Å²) in [5.74, 6) is 2.31. The van der Waals surface area contributed by atoms with Crippen molar-refractivity contribution in [1.29, 1.82) is 0 Å². The van der Waals surface area contributed by atoms with Crippen molar-refractivity contribution in [2.75, 3.05) is 18.1 Å². The fourth-order valence-corrected chi connectivity index (χ4v) is 2.94. The third-order valence-corrected chi connectivity index (χ3v) is 3.62. The SMILES string of the molecule is C#CCn1ncc(Cl)c(NCC(C)(C)NS(C)(=O)=O)c1=O. The number of sulfonamides is 1. The zero-order chi connectivity index (χ0) is 16.3. The molecule has 0 saturated heterocycles. The molecule has 0 bridgehead atoms. The van der Waals surface area contributed by atoms with Crippen LogP contribution in [0.4, 0.5) is 5.69 Å². The Labute approximate surface area is 128 Å². The molecule has 21 heavy (non-hydrogen) atoms. The van der Waals surface area contributed by atoms with Gasteiger partial charge in [0.15, 0.2) is 0 Å². The van der Waals surface area contributed by atoms with Crippen LogP contribution in [-0.2, 0) is 16.6 Å². The first kappa shape index (κ1) is 17.5. The van der Waals surface area contributed by atoms with Crippen molar-refractivity contribution in [3.8, 4) is 12.3 Å². The lowest BCUT2D eigenvalue weighted by Crippen LogP contribution is -2.48. The van der Waals surface area contributed by atoms with Gasteiger partial charge in [-0.25, -0.2) is 17.8 Å². The Morgan fingerprint density at radius 1 is 1.52 bits per heavy atom. The molecule has 0 aliphatic heterocycles. The van der Waals surface area contributed by atoms with Crippen LogP contribution in [0.3, 0.4) is 0 Å². The second-order valence-electron chi connectivity index (χ2n) is 5.15. The molecule has 0 fully saturated rings. The van der Waals surface area contributed by atoms with Crippen LogP contribution in [0.2, 0.25) is 5.02 Å². The minimum Gasteiger partial charge on any atom is -0.377 e. The number of halogens is 1. The van der Waals surface area contributed by atoms with Crippen LogP contribution < -0.4 is 15.6 Å². The van der Waals surface area contributed by atoms with Gasteiger partial charge in [-0.05, 0) is 13.8 Å². The van der Waals surface area contributed by atoms with E-state index in [1.807, 2.05) is 0 Å². The predicted octanol–water partition coefficient (Wildman–Crippen LogP) is 0.270. The van der Waals surface area contributed by atoms with E-state index in [1.165, 1.54) is 6.20 Å². The van der Waals surface area contributed by atoms with E-state index in [-0.39, 0.29) is 23.8 Å². The summed E-state index contributed by atoms with van der Waals surface area (Å²) in [6.07, 6.45) is 7.52. The largest absolute Gasteiger partial charge is 0.377 e. The summed E-state index contributed by atoms with van der Waals surface area (Å²) >= 11 is 5.93. The molecule has 7 nitrogen and oxygen atoms in total. The molecule has 9 heteroatoms. The molecule has 0 saturated carbocycles. The molecule has 1 rings (SSSR count). The highest BCUT2D eigenvalue weighted by Crippen LogP contribution is 2.16. The first-order valence-electron chi connectivity index (χ1n) is 5.97. The van der Waals surface area contributed by atoms with Crippen molar-refractivity contribution < 1.29 is 8.42 Å². The molecule has 1 aromatic heterocycles. The van der Waals surface area contributed by atoms with Crippen LogP contribution in [0.25, 0.3) is 0 Å². The second-order valence-corrected chi connectivity index (χ2v) is 7.30. The zero-order valence-corrected chi connectivity index (χ0v) is 13.5. The quantitative estimate of drug-likeness (QED) is 0.729. The smallest absolute Gasteiger partial charge is 0.292 e. The number of terminal acetylenes is 1. The number of aromatic nitrogens is 2. The fraction of sp³-hybridized carbons (Fsp3) is 0.500. The van der Waals surface area contributed by atoms with Crippen molar-refractivity contribution in [2.24, 2.45) is 0 Å². The molecular weight excluding hydrogens is 316 g/mol. The average molecular weight is 333 g/mol. The van der Waals surface area contributed by atoms with Crippen molar-refractivity contribution in [3.05, 3.63) is 21.6 Å². The van der Waals surface area contributed by atoms with E-state index < -0.39 is 21.1 Å². The van der Waals surface area contributed by atoms with Gasteiger partial charge >= 0.3 is 0 Å². The minimum absolute atomic E-state index is 0.0235. The van der Waals surface area contributed by atoms with Gasteiger partial charge < -0.3 is 5.32 Å². The Balaban J connectivity index is 2.97. The van der Waals surface area contributed by atoms with Gasteiger partial charge in [-0.15, -0.1) is 6.42 Å². The maximum Gasteiger partial charge on any atom is 0.292 e. The number of anilines is 1. The minimum atomic E-state index is -3.37. The third kappa shape index (κ3) is 5.38. The van der Waals surface area contributed by atoms with Gasteiger partial charge in [-0.1, -0.05) is 17.5 Å². The highest BCUT2D eigenvalue weighted by Gasteiger charge is 2.23. The fourth-order valence-electron chi connectivity index (χ4n) is 1.68. The molecule has 0 aliphatic rings. The first-order valence-corrected chi connectivity index (χ1v) is 8.24. The van der Waals surface area contributed by atoms with Crippen LogP contribution in [0, 0.1) is 12.3 Å². The molecule has 116 valence electrons. The second kappa shape index (κ2) is 6.47. The molecule has 0 aliphatic carbocycles. The summed E-state index contributed by atoms with van der Waals surface area (Å²) in [7, 11) is -3.37. The van der Waals surface area contributed by atoms with E-state index in [9.17, 15) is 13.2 Å². The normalized spacial score (nSPS) is 12.0. The van der Waals surface area contributed by atoms with Crippen LogP contribution in [0.5, 0.6) is 0 Å². The average Bonchev–Trinajstić information content (AvgIpc) is 2.29. The van der Waals surface area contributed by atoms with Crippen LogP contribution >= 0.6 is 11.6 Å². The lowest BCUT2D eigenvalue weighted by molar-refractivity contribution is 0.476. The molecule has 0 radical (unpaired) electrons. The molecule has 0 unspecified atom stereocenters. The topological polar surface area (TPSA) is 93.1 Å². The zero-order valence-electron chi connectivity index (χ0n) is 12.0. The van der Waals surface area contributed by atoms with Gasteiger partial charge in [-0.2, -0.15) is 5.10 Å². The Bertz CT molecular complexity index is 719. The van der Waals surface area contributed by atoms with E-state index in [2.05, 4.69) is 21.1 Å². The Morgan fingerprint density at radius 3 is 2.67 bits per heavy atom. The maximum absolute atomic E-state index is 12.1. The van der Waals surface area contributed by atoms with Crippen LogP contribution in [0.15, 0.2) is 11.0 Å². The molecule has 0 atom stereocenters. The number of nitrogens with zero attached hydrogens (tertiary/aromatic N) is 2. The number of hydrogen-bond donors (Lipinski definition) is 2. The number of hydrogen-bond acceptors (Lipinski definition) is 5. The predicted molar refractivity (Wildman–Crippen MR) is 82.9 cm³/mol. The van der Waals surface area contributed by atoms with E-state index >= 15 is 0 Å². The molecule has 1 heterocycles. The molecule has 0 amide bonds.